The molecule has 0 saturated carbocycles. The third-order valence-corrected chi connectivity index (χ3v) is 0.604. The van der Waals surface area contributed by atoms with E-state index in [9.17, 15) is 0 Å². The van der Waals surface area contributed by atoms with Crippen LogP contribution >= 0.6 is 24.0 Å². The van der Waals surface area contributed by atoms with Gasteiger partial charge < -0.3 is 6.92 Å². The predicted octanol–water partition coefficient (Wildman–Crippen LogP) is 2.63. The largest absolute Gasteiger partial charge is 1.00 e. The van der Waals surface area contributed by atoms with E-state index in [1.54, 1.807) is 0 Å². The van der Waals surface area contributed by atoms with Crippen LogP contribution in [-0.2, 0) is 22.4 Å². The second-order valence-corrected chi connectivity index (χ2v) is 1.21. The van der Waals surface area contributed by atoms with Gasteiger partial charge in [0.15, 0.2) is 0 Å². The fourth-order valence-corrected chi connectivity index (χ4v) is 0.250. The van der Waals surface area contributed by atoms with E-state index in [-0.39, 0.29) is 46.4 Å². The van der Waals surface area contributed by atoms with Crippen LogP contribution in [0.25, 0.3) is 0 Å². The van der Waals surface area contributed by atoms with E-state index in [2.05, 4.69) is 13.8 Å². The number of hydrogen-bond donors (Lipinski definition) is 0. The summed E-state index contributed by atoms with van der Waals surface area (Å²) in [6, 6.07) is 0. The number of hydrogen-bond acceptors (Lipinski definition) is 0. The van der Waals surface area contributed by atoms with Crippen LogP contribution < -0.4 is 0 Å². The Morgan fingerprint density at radius 3 is 1.86 bits per heavy atom. The number of rotatable bonds is 2. The molecule has 0 atom stereocenters. The average molecular weight is 307 g/mol. The minimum atomic E-state index is 0. The van der Waals surface area contributed by atoms with Gasteiger partial charge in [0.1, 0.15) is 0 Å². The van der Waals surface area contributed by atoms with Crippen molar-refractivity contribution in [3.63, 3.8) is 0 Å². The second kappa shape index (κ2) is 15.6. The Bertz CT molecular complexity index is 15.6. The molecule has 0 nitrogen and oxygen atoms in total. The molecule has 0 saturated heterocycles. The van der Waals surface area contributed by atoms with Crippen molar-refractivity contribution >= 4 is 24.0 Å². The van der Waals surface area contributed by atoms with Crippen LogP contribution in [0.1, 0.15) is 26.2 Å². The summed E-state index contributed by atoms with van der Waals surface area (Å²) in [5.41, 5.74) is 0. The molecule has 0 aliphatic rings. The molecule has 0 radical (unpaired) electrons. The van der Waals surface area contributed by atoms with Crippen molar-refractivity contribution in [1.82, 2.24) is 0 Å². The molecular weight excluding hydrogens is 295 g/mol. The Labute approximate surface area is 79.0 Å². The summed E-state index contributed by atoms with van der Waals surface area (Å²) in [6.07, 6.45) is 3.65. The summed E-state index contributed by atoms with van der Waals surface area (Å²) in [4.78, 5) is 0. The molecule has 0 unspecified atom stereocenters. The minimum absolute atomic E-state index is 0. The molecule has 0 aromatic rings. The third kappa shape index (κ3) is 18.6. The molecule has 0 rings (SSSR count). The van der Waals surface area contributed by atoms with Gasteiger partial charge in [0.05, 0.1) is 0 Å². The molecule has 7 heavy (non-hydrogen) atoms. The molecule has 0 amide bonds. The molecule has 0 fully saturated rings. The third-order valence-electron chi connectivity index (χ3n) is 0.604. The standard InChI is InChI=1S/C5H11.Ag.HI/c1-3-5-4-2;;/h1,3-5H2,2H3;;1H/q-1;+1;. The molecule has 0 spiro atoms. The monoisotopic (exact) mass is 306 g/mol. The number of halogens is 1. The van der Waals surface area contributed by atoms with Gasteiger partial charge in [-0.1, -0.05) is 19.8 Å². The van der Waals surface area contributed by atoms with Crippen molar-refractivity contribution < 1.29 is 22.4 Å². The van der Waals surface area contributed by atoms with E-state index in [0.717, 1.165) is 6.42 Å². The van der Waals surface area contributed by atoms with Crippen LogP contribution in [-0.4, -0.2) is 0 Å². The van der Waals surface area contributed by atoms with E-state index < -0.39 is 0 Å². The zero-order valence-electron chi connectivity index (χ0n) is 4.54. The maximum atomic E-state index is 3.68. The molecule has 0 heterocycles. The van der Waals surface area contributed by atoms with Crippen molar-refractivity contribution in [1.29, 1.82) is 0 Å². The Hall–Kier alpha value is 1.47. The first-order valence-electron chi connectivity index (χ1n) is 2.21. The Balaban J connectivity index is -0.0000000800. The molecule has 0 aromatic carbocycles. The molecule has 2 heteroatoms. The second-order valence-electron chi connectivity index (χ2n) is 1.21. The first kappa shape index (κ1) is 15.8. The number of unbranched alkanes of at least 4 members (excludes halogenated alkanes) is 2. The first-order chi connectivity index (χ1) is 2.41. The quantitative estimate of drug-likeness (QED) is 0.418. The van der Waals surface area contributed by atoms with Gasteiger partial charge in [-0.3, -0.25) is 0 Å². The Morgan fingerprint density at radius 2 is 1.86 bits per heavy atom. The summed E-state index contributed by atoms with van der Waals surface area (Å²) in [5, 5.41) is 0. The van der Waals surface area contributed by atoms with E-state index in [1.165, 1.54) is 12.8 Å². The fraction of sp³-hybridized carbons (Fsp3) is 0.800. The van der Waals surface area contributed by atoms with E-state index in [0.29, 0.717) is 0 Å². The van der Waals surface area contributed by atoms with Gasteiger partial charge in [-0.15, -0.1) is 24.0 Å². The normalized spacial score (nSPS) is 6.00. The SMILES string of the molecule is I.[Ag+].[CH2-]CCCC. The average Bonchev–Trinajstić information content (AvgIpc) is 1.41. The molecule has 0 bridgehead atoms. The van der Waals surface area contributed by atoms with Crippen LogP contribution in [0.15, 0.2) is 0 Å². The van der Waals surface area contributed by atoms with Crippen LogP contribution in [0.3, 0.4) is 0 Å². The van der Waals surface area contributed by atoms with Crippen LogP contribution in [0, 0.1) is 6.92 Å². The van der Waals surface area contributed by atoms with Gasteiger partial charge in [-0.25, -0.2) is 0 Å². The van der Waals surface area contributed by atoms with Crippen molar-refractivity contribution in [2.75, 3.05) is 0 Å². The zero-order chi connectivity index (χ0) is 4.12. The molecule has 0 aliphatic heterocycles. The van der Waals surface area contributed by atoms with E-state index in [1.807, 2.05) is 0 Å². The summed E-state index contributed by atoms with van der Waals surface area (Å²) < 4.78 is 0. The van der Waals surface area contributed by atoms with Crippen molar-refractivity contribution in [3.05, 3.63) is 6.92 Å². The Morgan fingerprint density at radius 1 is 1.43 bits per heavy atom. The summed E-state index contributed by atoms with van der Waals surface area (Å²) in [6.45, 7) is 5.85. The summed E-state index contributed by atoms with van der Waals surface area (Å²) in [7, 11) is 0. The van der Waals surface area contributed by atoms with Gasteiger partial charge in [0, 0.05) is 0 Å². The zero-order valence-corrected chi connectivity index (χ0v) is 8.35. The smallest absolute Gasteiger partial charge is 0.343 e. The topological polar surface area (TPSA) is 0 Å². The van der Waals surface area contributed by atoms with Gasteiger partial charge in [0.25, 0.3) is 0 Å². The predicted molar refractivity (Wildman–Crippen MR) is 40.3 cm³/mol. The molecule has 0 aliphatic carbocycles. The summed E-state index contributed by atoms with van der Waals surface area (Å²) >= 11 is 0. The maximum Gasteiger partial charge on any atom is 1.00 e. The van der Waals surface area contributed by atoms with Crippen LogP contribution in [0.4, 0.5) is 0 Å². The maximum absolute atomic E-state index is 3.68. The summed E-state index contributed by atoms with van der Waals surface area (Å²) in [5.74, 6) is 0. The molecule has 50 valence electrons. The van der Waals surface area contributed by atoms with Gasteiger partial charge >= 0.3 is 22.4 Å². The van der Waals surface area contributed by atoms with Crippen molar-refractivity contribution in [3.8, 4) is 0 Å². The van der Waals surface area contributed by atoms with Gasteiger partial charge in [-0.2, -0.15) is 6.42 Å². The van der Waals surface area contributed by atoms with Crippen LogP contribution in [0.2, 0.25) is 0 Å². The van der Waals surface area contributed by atoms with E-state index >= 15 is 0 Å². The van der Waals surface area contributed by atoms with Crippen molar-refractivity contribution in [2.24, 2.45) is 0 Å². The van der Waals surface area contributed by atoms with Crippen LogP contribution in [0.5, 0.6) is 0 Å². The molecule has 0 aromatic heterocycles. The van der Waals surface area contributed by atoms with Crippen molar-refractivity contribution in [2.45, 2.75) is 26.2 Å². The Kier molecular flexibility index (Phi) is 35.3. The minimum Gasteiger partial charge on any atom is -0.343 e. The van der Waals surface area contributed by atoms with E-state index in [4.69, 9.17) is 0 Å². The first-order valence-corrected chi connectivity index (χ1v) is 2.21. The molecule has 0 N–H and O–H groups in total. The van der Waals surface area contributed by atoms with Gasteiger partial charge in [-0.05, 0) is 0 Å². The fourth-order valence-electron chi connectivity index (χ4n) is 0.250. The van der Waals surface area contributed by atoms with Gasteiger partial charge in [0.2, 0.25) is 0 Å². The molecular formula is C5H12AgI.